The van der Waals surface area contributed by atoms with Gasteiger partial charge in [0.2, 0.25) is 5.91 Å². The highest BCUT2D eigenvalue weighted by atomic mass is 16.5. The van der Waals surface area contributed by atoms with E-state index in [0.717, 1.165) is 5.69 Å². The highest BCUT2D eigenvalue weighted by Crippen LogP contribution is 2.14. The lowest BCUT2D eigenvalue weighted by Crippen LogP contribution is -2.34. The number of nitrogens with zero attached hydrogens (tertiary/aromatic N) is 2. The maximum absolute atomic E-state index is 11.9. The van der Waals surface area contributed by atoms with Crippen molar-refractivity contribution in [2.24, 2.45) is 0 Å². The van der Waals surface area contributed by atoms with E-state index in [0.29, 0.717) is 18.7 Å². The first kappa shape index (κ1) is 15.2. The van der Waals surface area contributed by atoms with Gasteiger partial charge in [-0.1, -0.05) is 0 Å². The van der Waals surface area contributed by atoms with E-state index in [-0.39, 0.29) is 11.9 Å². The predicted octanol–water partition coefficient (Wildman–Crippen LogP) is 1.39. The van der Waals surface area contributed by atoms with Crippen LogP contribution in [0.15, 0.2) is 24.3 Å². The molecule has 0 aliphatic carbocycles. The first-order chi connectivity index (χ1) is 8.95. The zero-order chi connectivity index (χ0) is 14.4. The van der Waals surface area contributed by atoms with Crippen molar-refractivity contribution in [1.29, 1.82) is 0 Å². The minimum Gasteiger partial charge on any atom is -0.462 e. The van der Waals surface area contributed by atoms with Crippen molar-refractivity contribution in [3.63, 3.8) is 0 Å². The molecule has 0 bridgehead atoms. The molecule has 0 heterocycles. The summed E-state index contributed by atoms with van der Waals surface area (Å²) in [7, 11) is 5.40. The number of rotatable bonds is 5. The Morgan fingerprint density at radius 2 is 1.68 bits per heavy atom. The van der Waals surface area contributed by atoms with Crippen LogP contribution >= 0.6 is 0 Å². The van der Waals surface area contributed by atoms with Crippen LogP contribution in [-0.4, -0.2) is 51.1 Å². The second kappa shape index (κ2) is 6.89. The van der Waals surface area contributed by atoms with E-state index >= 15 is 0 Å². The molecule has 0 saturated heterocycles. The second-order valence-corrected chi connectivity index (χ2v) is 4.46. The van der Waals surface area contributed by atoms with Crippen LogP contribution in [0.2, 0.25) is 0 Å². The van der Waals surface area contributed by atoms with E-state index in [9.17, 15) is 9.59 Å². The molecule has 0 aliphatic rings. The van der Waals surface area contributed by atoms with Gasteiger partial charge in [0.15, 0.2) is 0 Å². The van der Waals surface area contributed by atoms with Gasteiger partial charge in [-0.25, -0.2) is 4.79 Å². The molecule has 0 radical (unpaired) electrons. The molecule has 0 atom stereocenters. The quantitative estimate of drug-likeness (QED) is 0.754. The Kier molecular flexibility index (Phi) is 5.51. The first-order valence-corrected chi connectivity index (χ1v) is 6.14. The maximum atomic E-state index is 11.9. The third kappa shape index (κ3) is 4.37. The number of benzene rings is 1. The van der Waals surface area contributed by atoms with Crippen molar-refractivity contribution in [2.75, 3.05) is 39.2 Å². The fourth-order valence-corrected chi connectivity index (χ4v) is 1.56. The number of ether oxygens (including phenoxy) is 1. The minimum atomic E-state index is -0.351. The third-order valence-corrected chi connectivity index (χ3v) is 2.59. The van der Waals surface area contributed by atoms with E-state index in [2.05, 4.69) is 0 Å². The van der Waals surface area contributed by atoms with Crippen LogP contribution in [0, 0.1) is 0 Å². The van der Waals surface area contributed by atoms with Crippen LogP contribution in [0.5, 0.6) is 0 Å². The molecule has 0 aromatic heterocycles. The van der Waals surface area contributed by atoms with Crippen molar-refractivity contribution in [1.82, 2.24) is 4.90 Å². The molecule has 0 unspecified atom stereocenters. The molecule has 1 aromatic rings. The summed E-state index contributed by atoms with van der Waals surface area (Å²) in [6.07, 6.45) is 0. The first-order valence-electron chi connectivity index (χ1n) is 6.14. The molecule has 0 fully saturated rings. The number of amides is 1. The largest absolute Gasteiger partial charge is 0.462 e. The molecule has 0 saturated carbocycles. The summed E-state index contributed by atoms with van der Waals surface area (Å²) in [5.41, 5.74) is 1.24. The summed E-state index contributed by atoms with van der Waals surface area (Å²) < 4.78 is 4.90. The molecule has 1 rings (SSSR count). The summed E-state index contributed by atoms with van der Waals surface area (Å²) in [4.78, 5) is 26.7. The van der Waals surface area contributed by atoms with Gasteiger partial charge >= 0.3 is 5.97 Å². The van der Waals surface area contributed by atoms with E-state index in [4.69, 9.17) is 4.74 Å². The standard InChI is InChI=1S/C14H20N2O3/c1-5-19-14(18)11-6-8-12(9-7-11)16(4)13(17)10-15(2)3/h6-9H,5,10H2,1-4H3. The number of hydrogen-bond acceptors (Lipinski definition) is 4. The number of hydrogen-bond donors (Lipinski definition) is 0. The highest BCUT2D eigenvalue weighted by molar-refractivity contribution is 5.95. The summed E-state index contributed by atoms with van der Waals surface area (Å²) in [5.74, 6) is -0.356. The molecule has 5 heteroatoms. The Hall–Kier alpha value is -1.88. The topological polar surface area (TPSA) is 49.9 Å². The van der Waals surface area contributed by atoms with Crippen LogP contribution in [-0.2, 0) is 9.53 Å². The van der Waals surface area contributed by atoms with Crippen LogP contribution in [0.25, 0.3) is 0 Å². The van der Waals surface area contributed by atoms with Gasteiger partial charge in [-0.05, 0) is 45.3 Å². The fraction of sp³-hybridized carbons (Fsp3) is 0.429. The normalized spacial score (nSPS) is 10.4. The van der Waals surface area contributed by atoms with Crippen LogP contribution in [0.4, 0.5) is 5.69 Å². The van der Waals surface area contributed by atoms with Crippen molar-refractivity contribution in [3.05, 3.63) is 29.8 Å². The second-order valence-electron chi connectivity index (χ2n) is 4.46. The predicted molar refractivity (Wildman–Crippen MR) is 74.4 cm³/mol. The number of esters is 1. The number of anilines is 1. The number of carbonyl (C=O) groups is 2. The Bertz CT molecular complexity index is 441. The lowest BCUT2D eigenvalue weighted by molar-refractivity contribution is -0.118. The lowest BCUT2D eigenvalue weighted by Gasteiger charge is -2.19. The van der Waals surface area contributed by atoms with Gasteiger partial charge in [-0.2, -0.15) is 0 Å². The SMILES string of the molecule is CCOC(=O)c1ccc(N(C)C(=O)CN(C)C)cc1. The van der Waals surface area contributed by atoms with Crippen LogP contribution < -0.4 is 4.90 Å². The van der Waals surface area contributed by atoms with Gasteiger partial charge in [0, 0.05) is 12.7 Å². The summed E-state index contributed by atoms with van der Waals surface area (Å²) >= 11 is 0. The zero-order valence-corrected chi connectivity index (χ0v) is 11.8. The molecular weight excluding hydrogens is 244 g/mol. The molecule has 5 nitrogen and oxygen atoms in total. The van der Waals surface area contributed by atoms with Gasteiger partial charge in [-0.15, -0.1) is 0 Å². The van der Waals surface area contributed by atoms with Crippen LogP contribution in [0.1, 0.15) is 17.3 Å². The monoisotopic (exact) mass is 264 g/mol. The maximum Gasteiger partial charge on any atom is 0.338 e. The summed E-state index contributed by atoms with van der Waals surface area (Å²) in [6, 6.07) is 6.79. The molecule has 104 valence electrons. The Balaban J connectivity index is 2.75. The third-order valence-electron chi connectivity index (χ3n) is 2.59. The van der Waals surface area contributed by atoms with Crippen molar-refractivity contribution >= 4 is 17.6 Å². The summed E-state index contributed by atoms with van der Waals surface area (Å²) in [5, 5.41) is 0. The lowest BCUT2D eigenvalue weighted by atomic mass is 10.2. The molecule has 0 aliphatic heterocycles. The molecule has 1 aromatic carbocycles. The molecular formula is C14H20N2O3. The molecule has 0 N–H and O–H groups in total. The van der Waals surface area contributed by atoms with Gasteiger partial charge in [0.1, 0.15) is 0 Å². The van der Waals surface area contributed by atoms with Crippen molar-refractivity contribution in [3.8, 4) is 0 Å². The molecule has 19 heavy (non-hydrogen) atoms. The van der Waals surface area contributed by atoms with Gasteiger partial charge in [-0.3, -0.25) is 4.79 Å². The van der Waals surface area contributed by atoms with Gasteiger partial charge < -0.3 is 14.5 Å². The van der Waals surface area contributed by atoms with Crippen molar-refractivity contribution in [2.45, 2.75) is 6.92 Å². The van der Waals surface area contributed by atoms with E-state index in [1.165, 1.54) is 0 Å². The summed E-state index contributed by atoms with van der Waals surface area (Å²) in [6.45, 7) is 2.46. The molecule has 1 amide bonds. The Morgan fingerprint density at radius 3 is 2.16 bits per heavy atom. The van der Waals surface area contributed by atoms with E-state index in [1.54, 1.807) is 43.1 Å². The van der Waals surface area contributed by atoms with Crippen LogP contribution in [0.3, 0.4) is 0 Å². The smallest absolute Gasteiger partial charge is 0.338 e. The number of carbonyl (C=O) groups excluding carboxylic acids is 2. The van der Waals surface area contributed by atoms with E-state index in [1.807, 2.05) is 19.0 Å². The van der Waals surface area contributed by atoms with Crippen molar-refractivity contribution < 1.29 is 14.3 Å². The fourth-order valence-electron chi connectivity index (χ4n) is 1.56. The Labute approximate surface area is 113 Å². The Morgan fingerprint density at radius 1 is 1.11 bits per heavy atom. The zero-order valence-electron chi connectivity index (χ0n) is 11.8. The number of likely N-dealkylation sites (N-methyl/N-ethyl adjacent to an activating group) is 2. The average molecular weight is 264 g/mol. The van der Waals surface area contributed by atoms with Gasteiger partial charge in [0.05, 0.1) is 18.7 Å². The average Bonchev–Trinajstić information content (AvgIpc) is 2.37. The minimum absolute atomic E-state index is 0.00566. The van der Waals surface area contributed by atoms with E-state index < -0.39 is 0 Å². The molecule has 0 spiro atoms. The highest BCUT2D eigenvalue weighted by Gasteiger charge is 2.12. The van der Waals surface area contributed by atoms with Gasteiger partial charge in [0.25, 0.3) is 0 Å².